The number of H-pyrrole nitrogens is 1. The maximum absolute atomic E-state index is 11.9. The number of nitrogens with two attached hydrogens (primary N) is 1. The van der Waals surface area contributed by atoms with E-state index in [1.54, 1.807) is 18.5 Å². The molecule has 5 N–H and O–H groups in total. The van der Waals surface area contributed by atoms with Crippen LogP contribution in [0.4, 0.5) is 10.5 Å². The van der Waals surface area contributed by atoms with Crippen molar-refractivity contribution in [3.63, 3.8) is 0 Å². The summed E-state index contributed by atoms with van der Waals surface area (Å²) in [4.78, 5) is 22.9. The van der Waals surface area contributed by atoms with Crippen LogP contribution < -0.4 is 16.4 Å². The van der Waals surface area contributed by atoms with Gasteiger partial charge >= 0.3 is 6.03 Å². The molecule has 21 heavy (non-hydrogen) atoms. The van der Waals surface area contributed by atoms with Crippen LogP contribution >= 0.6 is 11.6 Å². The van der Waals surface area contributed by atoms with Crippen LogP contribution in [0.3, 0.4) is 0 Å². The quantitative estimate of drug-likeness (QED) is 0.693. The topological polar surface area (TPSA) is 113 Å². The summed E-state index contributed by atoms with van der Waals surface area (Å²) in [5.74, 6) is -0.621. The molecule has 0 aliphatic heterocycles. The van der Waals surface area contributed by atoms with Crippen LogP contribution in [-0.4, -0.2) is 22.1 Å². The zero-order valence-corrected chi connectivity index (χ0v) is 11.9. The van der Waals surface area contributed by atoms with Crippen molar-refractivity contribution in [2.75, 3.05) is 5.32 Å². The molecule has 8 heteroatoms. The van der Waals surface area contributed by atoms with Gasteiger partial charge in [0.15, 0.2) is 0 Å². The summed E-state index contributed by atoms with van der Waals surface area (Å²) in [7, 11) is 0. The van der Waals surface area contributed by atoms with Gasteiger partial charge in [-0.2, -0.15) is 5.10 Å². The van der Waals surface area contributed by atoms with E-state index in [-0.39, 0.29) is 16.6 Å². The predicted molar refractivity (Wildman–Crippen MR) is 79.1 cm³/mol. The minimum Gasteiger partial charge on any atom is -0.366 e. The molecule has 1 heterocycles. The number of aromatic amines is 1. The number of hydrogen-bond donors (Lipinski definition) is 4. The number of hydrogen-bond acceptors (Lipinski definition) is 3. The first-order valence-electron chi connectivity index (χ1n) is 6.13. The maximum Gasteiger partial charge on any atom is 0.319 e. The normalized spacial score (nSPS) is 11.7. The third kappa shape index (κ3) is 3.73. The fourth-order valence-corrected chi connectivity index (χ4v) is 2.01. The van der Waals surface area contributed by atoms with Crippen LogP contribution in [0.1, 0.15) is 28.9 Å². The van der Waals surface area contributed by atoms with E-state index in [1.165, 1.54) is 12.1 Å². The molecule has 7 nitrogen and oxygen atoms in total. The number of anilines is 1. The highest BCUT2D eigenvalue weighted by Crippen LogP contribution is 2.20. The van der Waals surface area contributed by atoms with Gasteiger partial charge in [-0.15, -0.1) is 0 Å². The van der Waals surface area contributed by atoms with Gasteiger partial charge in [-0.1, -0.05) is 11.6 Å². The molecule has 1 aromatic carbocycles. The van der Waals surface area contributed by atoms with Gasteiger partial charge in [0, 0.05) is 17.4 Å². The number of aromatic nitrogens is 2. The monoisotopic (exact) mass is 307 g/mol. The lowest BCUT2D eigenvalue weighted by atomic mass is 10.2. The number of rotatable bonds is 4. The van der Waals surface area contributed by atoms with Crippen LogP contribution in [0.5, 0.6) is 0 Å². The Morgan fingerprint density at radius 2 is 2.19 bits per heavy atom. The number of urea groups is 1. The minimum atomic E-state index is -0.621. The van der Waals surface area contributed by atoms with Gasteiger partial charge in [0.1, 0.15) is 0 Å². The molecule has 0 fully saturated rings. The molecular formula is C13H14ClN5O2. The zero-order chi connectivity index (χ0) is 15.4. The molecule has 0 spiro atoms. The van der Waals surface area contributed by atoms with Gasteiger partial charge in [-0.05, 0) is 25.1 Å². The summed E-state index contributed by atoms with van der Waals surface area (Å²) in [5.41, 5.74) is 6.67. The van der Waals surface area contributed by atoms with Crippen molar-refractivity contribution in [2.45, 2.75) is 13.0 Å². The lowest BCUT2D eigenvalue weighted by molar-refractivity contribution is 0.100. The highest BCUT2D eigenvalue weighted by molar-refractivity contribution is 6.34. The molecule has 2 aromatic rings. The third-order valence-corrected chi connectivity index (χ3v) is 3.17. The van der Waals surface area contributed by atoms with Gasteiger partial charge in [-0.25, -0.2) is 4.79 Å². The van der Waals surface area contributed by atoms with E-state index in [0.717, 1.165) is 5.56 Å². The molecule has 0 bridgehead atoms. The second-order valence-corrected chi connectivity index (χ2v) is 4.82. The fraction of sp³-hybridized carbons (Fsp3) is 0.154. The Bertz CT molecular complexity index is 657. The largest absolute Gasteiger partial charge is 0.366 e. The first kappa shape index (κ1) is 14.9. The summed E-state index contributed by atoms with van der Waals surface area (Å²) in [5, 5.41) is 12.0. The van der Waals surface area contributed by atoms with Crippen LogP contribution in [-0.2, 0) is 0 Å². The molecule has 0 saturated heterocycles. The second-order valence-electron chi connectivity index (χ2n) is 4.41. The minimum absolute atomic E-state index is 0.184. The van der Waals surface area contributed by atoms with Gasteiger partial charge < -0.3 is 16.4 Å². The Labute approximate surface area is 125 Å². The standard InChI is InChI=1S/C13H14ClN5O2/c1-7(8-5-16-17-6-8)18-13(21)19-9-2-3-10(12(15)20)11(14)4-9/h2-7H,1H3,(H2,15,20)(H,16,17)(H2,18,19,21)/t7-/m1/s1. The highest BCUT2D eigenvalue weighted by atomic mass is 35.5. The third-order valence-electron chi connectivity index (χ3n) is 2.86. The van der Waals surface area contributed by atoms with E-state index >= 15 is 0 Å². The molecule has 0 radical (unpaired) electrons. The zero-order valence-electron chi connectivity index (χ0n) is 11.2. The smallest absolute Gasteiger partial charge is 0.319 e. The Kier molecular flexibility index (Phi) is 4.44. The molecule has 0 aliphatic rings. The molecule has 0 saturated carbocycles. The number of nitrogens with one attached hydrogen (secondary N) is 3. The summed E-state index contributed by atoms with van der Waals surface area (Å²) in [6.45, 7) is 1.83. The van der Waals surface area contributed by atoms with E-state index in [9.17, 15) is 9.59 Å². The van der Waals surface area contributed by atoms with E-state index in [1.807, 2.05) is 6.92 Å². The number of carbonyl (C=O) groups excluding carboxylic acids is 2. The molecule has 3 amide bonds. The summed E-state index contributed by atoms with van der Waals surface area (Å²) >= 11 is 5.91. The van der Waals surface area contributed by atoms with Crippen molar-refractivity contribution >= 4 is 29.2 Å². The van der Waals surface area contributed by atoms with E-state index in [2.05, 4.69) is 20.8 Å². The van der Waals surface area contributed by atoms with Crippen LogP contribution in [0.2, 0.25) is 5.02 Å². The van der Waals surface area contributed by atoms with Gasteiger partial charge in [0.05, 0.1) is 22.8 Å². The maximum atomic E-state index is 11.9. The van der Waals surface area contributed by atoms with Gasteiger partial charge in [-0.3, -0.25) is 9.89 Å². The van der Waals surface area contributed by atoms with Crippen molar-refractivity contribution in [2.24, 2.45) is 5.73 Å². The fourth-order valence-electron chi connectivity index (χ4n) is 1.74. The van der Waals surface area contributed by atoms with Crippen molar-refractivity contribution in [3.05, 3.63) is 46.7 Å². The summed E-state index contributed by atoms with van der Waals surface area (Å²) in [6.07, 6.45) is 3.33. The average molecular weight is 308 g/mol. The molecule has 1 atom stereocenters. The molecule has 0 aliphatic carbocycles. The second kappa shape index (κ2) is 6.27. The van der Waals surface area contributed by atoms with Gasteiger partial charge in [0.2, 0.25) is 5.91 Å². The number of amides is 3. The van der Waals surface area contributed by atoms with Crippen LogP contribution in [0, 0.1) is 0 Å². The highest BCUT2D eigenvalue weighted by Gasteiger charge is 2.12. The van der Waals surface area contributed by atoms with Crippen molar-refractivity contribution < 1.29 is 9.59 Å². The van der Waals surface area contributed by atoms with Crippen molar-refractivity contribution in [3.8, 4) is 0 Å². The van der Waals surface area contributed by atoms with E-state index in [0.29, 0.717) is 5.69 Å². The van der Waals surface area contributed by atoms with Crippen LogP contribution in [0.25, 0.3) is 0 Å². The molecule has 1 aromatic heterocycles. The number of primary amides is 1. The Morgan fingerprint density at radius 3 is 2.76 bits per heavy atom. The van der Waals surface area contributed by atoms with E-state index in [4.69, 9.17) is 17.3 Å². The molecule has 110 valence electrons. The Balaban J connectivity index is 2.00. The number of carbonyl (C=O) groups is 2. The van der Waals surface area contributed by atoms with Gasteiger partial charge in [0.25, 0.3) is 0 Å². The first-order chi connectivity index (χ1) is 9.97. The van der Waals surface area contributed by atoms with Crippen molar-refractivity contribution in [1.82, 2.24) is 15.5 Å². The Hall–Kier alpha value is -2.54. The van der Waals surface area contributed by atoms with Crippen LogP contribution in [0.15, 0.2) is 30.6 Å². The number of nitrogens with zero attached hydrogens (tertiary/aromatic N) is 1. The number of halogens is 1. The first-order valence-corrected chi connectivity index (χ1v) is 6.50. The lowest BCUT2D eigenvalue weighted by Crippen LogP contribution is -2.31. The molecule has 2 rings (SSSR count). The SMILES string of the molecule is C[C@@H](NC(=O)Nc1ccc(C(N)=O)c(Cl)c1)c1cn[nH]c1. The average Bonchev–Trinajstić information content (AvgIpc) is 2.91. The molecule has 0 unspecified atom stereocenters. The lowest BCUT2D eigenvalue weighted by Gasteiger charge is -2.13. The summed E-state index contributed by atoms with van der Waals surface area (Å²) < 4.78 is 0. The van der Waals surface area contributed by atoms with E-state index < -0.39 is 11.9 Å². The van der Waals surface area contributed by atoms with Crippen molar-refractivity contribution in [1.29, 1.82) is 0 Å². The summed E-state index contributed by atoms with van der Waals surface area (Å²) in [6, 6.07) is 3.87. The Morgan fingerprint density at radius 1 is 1.43 bits per heavy atom. The molecular weight excluding hydrogens is 294 g/mol. The predicted octanol–water partition coefficient (Wildman–Crippen LogP) is 2.04. The number of benzene rings is 1.